The maximum Gasteiger partial charge on any atom is 0.408 e. The molecule has 2 amide bonds. The van der Waals surface area contributed by atoms with Gasteiger partial charge < -0.3 is 29.2 Å². The van der Waals surface area contributed by atoms with Gasteiger partial charge in [-0.15, -0.1) is 12.3 Å². The Hall–Kier alpha value is -4.21. The molecule has 11 nitrogen and oxygen atoms in total. The predicted octanol–water partition coefficient (Wildman–Crippen LogP) is 6.27. The van der Waals surface area contributed by atoms with E-state index in [1.165, 1.54) is 12.0 Å². The van der Waals surface area contributed by atoms with Crippen molar-refractivity contribution in [3.63, 3.8) is 0 Å². The number of terminal acetylenes is 1. The smallest absolute Gasteiger partial charge is 0.408 e. The van der Waals surface area contributed by atoms with Crippen molar-refractivity contribution < 1.29 is 42.1 Å². The first-order valence-corrected chi connectivity index (χ1v) is 17.8. The fourth-order valence-corrected chi connectivity index (χ4v) is 7.34. The third kappa shape index (κ3) is 8.31. The minimum absolute atomic E-state index is 0.0198. The van der Waals surface area contributed by atoms with E-state index >= 15 is 8.78 Å². The second-order valence-electron chi connectivity index (χ2n) is 15.6. The Labute approximate surface area is 298 Å². The molecule has 3 aliphatic rings. The minimum Gasteiger partial charge on any atom is -0.497 e. The number of aromatic nitrogens is 2. The highest BCUT2D eigenvalue weighted by atomic mass is 19.3. The molecule has 1 aromatic heterocycles. The third-order valence-corrected chi connectivity index (χ3v) is 10.2. The second-order valence-corrected chi connectivity index (χ2v) is 15.6. The molecule has 3 heterocycles. The number of methoxy groups -OCH3 is 1. The summed E-state index contributed by atoms with van der Waals surface area (Å²) in [5.74, 6) is -2.92. The lowest BCUT2D eigenvalue weighted by molar-refractivity contribution is -0.156. The maximum atomic E-state index is 16.3. The molecule has 1 aromatic carbocycles. The number of ether oxygens (including phenoxy) is 4. The van der Waals surface area contributed by atoms with Gasteiger partial charge in [-0.3, -0.25) is 4.79 Å². The fraction of sp³-hybridized carbons (Fsp3) is 0.658. The number of hydrogen-bond acceptors (Lipinski definition) is 9. The number of amides is 2. The number of alkyl halides is 2. The third-order valence-electron chi connectivity index (χ3n) is 10.2. The van der Waals surface area contributed by atoms with Gasteiger partial charge in [0.05, 0.1) is 31.3 Å². The molecule has 51 heavy (non-hydrogen) atoms. The van der Waals surface area contributed by atoms with Crippen LogP contribution in [0.2, 0.25) is 0 Å². The number of nitrogens with one attached hydrogen (secondary N) is 1. The molecule has 5 rings (SSSR count). The Morgan fingerprint density at radius 3 is 2.53 bits per heavy atom. The van der Waals surface area contributed by atoms with Gasteiger partial charge in [-0.1, -0.05) is 48.0 Å². The van der Waals surface area contributed by atoms with Crippen LogP contribution in [0.15, 0.2) is 18.2 Å². The first-order chi connectivity index (χ1) is 24.0. The first kappa shape index (κ1) is 38.0. The molecule has 2 fully saturated rings. The molecule has 1 saturated heterocycles. The van der Waals surface area contributed by atoms with E-state index in [1.54, 1.807) is 45.9 Å². The van der Waals surface area contributed by atoms with Gasteiger partial charge in [0.25, 0.3) is 5.92 Å². The zero-order valence-corrected chi connectivity index (χ0v) is 30.5. The van der Waals surface area contributed by atoms with Gasteiger partial charge in [-0.25, -0.2) is 19.6 Å². The van der Waals surface area contributed by atoms with E-state index in [0.717, 1.165) is 0 Å². The van der Waals surface area contributed by atoms with E-state index in [2.05, 4.69) is 21.2 Å². The van der Waals surface area contributed by atoms with Crippen LogP contribution in [0.4, 0.5) is 13.6 Å². The SMILES string of the molecule is C#C[C@H]1CC[C@H]2OC(=O)N[C@@H](C(C)(C)C)C(=O)N3C[C@H](Oc4nc5cc(OC)ccc5nc4C(F)(F)CCCC[C@H]12)[C@@H](C)[C@H]3C(=O)OCC(C)C. The van der Waals surface area contributed by atoms with Gasteiger partial charge in [-0.2, -0.15) is 8.78 Å². The van der Waals surface area contributed by atoms with Crippen molar-refractivity contribution in [2.24, 2.45) is 29.1 Å². The van der Waals surface area contributed by atoms with Crippen LogP contribution in [0, 0.1) is 41.4 Å². The molecule has 7 atom stereocenters. The quantitative estimate of drug-likeness (QED) is 0.288. The van der Waals surface area contributed by atoms with Crippen LogP contribution in [-0.2, 0) is 25.0 Å². The Morgan fingerprint density at radius 1 is 1.12 bits per heavy atom. The molecule has 2 bridgehead atoms. The summed E-state index contributed by atoms with van der Waals surface area (Å²) in [6.45, 7) is 10.8. The van der Waals surface area contributed by atoms with E-state index in [-0.39, 0.29) is 54.2 Å². The molecule has 2 aromatic rings. The number of halogens is 2. The Kier molecular flexibility index (Phi) is 11.3. The molecule has 1 aliphatic carbocycles. The first-order valence-electron chi connectivity index (χ1n) is 17.8. The van der Waals surface area contributed by atoms with Crippen LogP contribution in [0.3, 0.4) is 0 Å². The highest BCUT2D eigenvalue weighted by molar-refractivity contribution is 5.91. The maximum absolute atomic E-state index is 16.3. The van der Waals surface area contributed by atoms with Crippen LogP contribution in [0.25, 0.3) is 11.0 Å². The average molecular weight is 713 g/mol. The summed E-state index contributed by atoms with van der Waals surface area (Å²) >= 11 is 0. The largest absolute Gasteiger partial charge is 0.497 e. The van der Waals surface area contributed by atoms with Crippen molar-refractivity contribution in [3.8, 4) is 24.0 Å². The summed E-state index contributed by atoms with van der Waals surface area (Å²) in [7, 11) is 1.48. The number of fused-ring (bicyclic) bond motifs is 5. The van der Waals surface area contributed by atoms with Gasteiger partial charge >= 0.3 is 12.1 Å². The molecule has 1 N–H and O–H groups in total. The number of benzene rings is 1. The molecular weight excluding hydrogens is 662 g/mol. The zero-order valence-electron chi connectivity index (χ0n) is 30.5. The number of nitrogens with zero attached hydrogens (tertiary/aromatic N) is 3. The number of esters is 1. The molecular formula is C38H50F2N4O7. The van der Waals surface area contributed by atoms with E-state index in [4.69, 9.17) is 25.4 Å². The van der Waals surface area contributed by atoms with Crippen molar-refractivity contribution >= 4 is 29.0 Å². The molecule has 1 saturated carbocycles. The van der Waals surface area contributed by atoms with Gasteiger partial charge in [0.15, 0.2) is 5.69 Å². The topological polar surface area (TPSA) is 129 Å². The summed E-state index contributed by atoms with van der Waals surface area (Å²) in [6, 6.07) is 2.49. The van der Waals surface area contributed by atoms with E-state index in [1.807, 2.05) is 13.8 Å². The highest BCUT2D eigenvalue weighted by Gasteiger charge is 2.52. The van der Waals surface area contributed by atoms with Crippen LogP contribution < -0.4 is 14.8 Å². The van der Waals surface area contributed by atoms with E-state index < -0.39 is 71.6 Å². The number of carbonyl (C=O) groups is 3. The van der Waals surface area contributed by atoms with E-state index in [9.17, 15) is 14.4 Å². The molecule has 2 aliphatic heterocycles. The number of hydrogen-bond donors (Lipinski definition) is 1. The minimum atomic E-state index is -3.44. The normalized spacial score (nSPS) is 28.7. The Bertz CT molecular complexity index is 1660. The predicted molar refractivity (Wildman–Crippen MR) is 185 cm³/mol. The van der Waals surface area contributed by atoms with Crippen molar-refractivity contribution in [1.82, 2.24) is 20.2 Å². The molecule has 13 heteroatoms. The zero-order chi connectivity index (χ0) is 37.2. The molecule has 0 unspecified atom stereocenters. The lowest BCUT2D eigenvalue weighted by Gasteiger charge is -2.35. The monoisotopic (exact) mass is 712 g/mol. The van der Waals surface area contributed by atoms with Crippen molar-refractivity contribution in [1.29, 1.82) is 0 Å². The van der Waals surface area contributed by atoms with Crippen LogP contribution in [0.5, 0.6) is 11.6 Å². The standard InChI is InChI=1S/C38H50F2N4O7/c1-9-23-13-16-28-25(23)12-10-11-17-38(39,40)31-33(42-27-18-24(48-8)14-15-26(27)41-31)50-29-19-44(30(22(29)4)35(46)49-20-21(2)3)34(45)32(37(5,6)7)43-36(47)51-28/h1,14-15,18,21-23,25,28-30,32H,10-13,16-17,19-20H2,2-8H3,(H,43,47)/t22-,23+,25-,28-,29+,30+,32-/m1/s1. The van der Waals surface area contributed by atoms with Gasteiger partial charge in [0.2, 0.25) is 11.8 Å². The number of rotatable bonds is 4. The summed E-state index contributed by atoms with van der Waals surface area (Å²) in [5.41, 5.74) is -0.931. The second kappa shape index (κ2) is 15.2. The lowest BCUT2D eigenvalue weighted by atomic mass is 9.85. The number of carbonyl (C=O) groups excluding carboxylic acids is 3. The van der Waals surface area contributed by atoms with Crippen molar-refractivity contribution in [2.45, 2.75) is 110 Å². The van der Waals surface area contributed by atoms with Crippen LogP contribution >= 0.6 is 0 Å². The summed E-state index contributed by atoms with van der Waals surface area (Å²) in [4.78, 5) is 51.9. The van der Waals surface area contributed by atoms with Crippen molar-refractivity contribution in [2.75, 3.05) is 20.3 Å². The Morgan fingerprint density at radius 2 is 1.86 bits per heavy atom. The summed E-state index contributed by atoms with van der Waals surface area (Å²) in [6.07, 6.45) is 5.18. The Balaban J connectivity index is 1.61. The lowest BCUT2D eigenvalue weighted by Crippen LogP contribution is -2.57. The van der Waals surface area contributed by atoms with Gasteiger partial charge in [0.1, 0.15) is 30.0 Å². The number of alkyl carbamates (subject to hydrolysis) is 1. The highest BCUT2D eigenvalue weighted by Crippen LogP contribution is 2.42. The van der Waals surface area contributed by atoms with Gasteiger partial charge in [0, 0.05) is 30.2 Å². The molecule has 278 valence electrons. The van der Waals surface area contributed by atoms with Gasteiger partial charge in [-0.05, 0) is 49.1 Å². The average Bonchev–Trinajstić information content (AvgIpc) is 3.61. The molecule has 0 spiro atoms. The van der Waals surface area contributed by atoms with Crippen LogP contribution in [-0.4, -0.2) is 77.4 Å². The fourth-order valence-electron chi connectivity index (χ4n) is 7.34. The van der Waals surface area contributed by atoms with Crippen molar-refractivity contribution in [3.05, 3.63) is 23.9 Å². The molecule has 0 radical (unpaired) electrons. The van der Waals surface area contributed by atoms with E-state index in [0.29, 0.717) is 31.4 Å². The summed E-state index contributed by atoms with van der Waals surface area (Å²) < 4.78 is 55.7. The summed E-state index contributed by atoms with van der Waals surface area (Å²) in [5, 5.41) is 2.79. The van der Waals surface area contributed by atoms with Crippen LogP contribution in [0.1, 0.15) is 85.8 Å².